The Labute approximate surface area is 150 Å². The second-order valence-electron chi connectivity index (χ2n) is 6.58. The second-order valence-corrected chi connectivity index (χ2v) is 6.58. The zero-order valence-electron chi connectivity index (χ0n) is 14.3. The average Bonchev–Trinajstić information content (AvgIpc) is 2.66. The summed E-state index contributed by atoms with van der Waals surface area (Å²) in [4.78, 5) is 11.2. The molecule has 5 rings (SSSR count). The van der Waals surface area contributed by atoms with Crippen LogP contribution < -0.4 is 4.74 Å². The Morgan fingerprint density at radius 1 is 0.615 bits per heavy atom. The normalized spacial score (nSPS) is 11.4. The van der Waals surface area contributed by atoms with E-state index in [0.29, 0.717) is 5.75 Å². The largest absolute Gasteiger partial charge is 0.427 e. The molecule has 0 amide bonds. The lowest BCUT2D eigenvalue weighted by atomic mass is 9.94. The lowest BCUT2D eigenvalue weighted by Crippen LogP contribution is -2.00. The van der Waals surface area contributed by atoms with Gasteiger partial charge in [-0.3, -0.25) is 4.79 Å². The second kappa shape index (κ2) is 5.57. The fraction of sp³-hybridized carbons (Fsp3) is 0.0417. The quantitative estimate of drug-likeness (QED) is 0.206. The van der Waals surface area contributed by atoms with Crippen molar-refractivity contribution in [2.45, 2.75) is 6.92 Å². The number of benzene rings is 5. The van der Waals surface area contributed by atoms with E-state index in [-0.39, 0.29) is 5.97 Å². The summed E-state index contributed by atoms with van der Waals surface area (Å²) in [6.45, 7) is 1.42. The molecule has 0 saturated carbocycles. The van der Waals surface area contributed by atoms with Gasteiger partial charge in [0.1, 0.15) is 5.75 Å². The smallest absolute Gasteiger partial charge is 0.308 e. The molecule has 0 aliphatic heterocycles. The molecule has 5 aromatic carbocycles. The Kier molecular flexibility index (Phi) is 3.19. The molecule has 0 radical (unpaired) electrons. The molecular weight excluding hydrogens is 320 g/mol. The molecule has 2 nitrogen and oxygen atoms in total. The van der Waals surface area contributed by atoms with Crippen LogP contribution in [0.3, 0.4) is 0 Å². The molecular formula is C24H16O2. The third kappa shape index (κ3) is 2.23. The summed E-state index contributed by atoms with van der Waals surface area (Å²) in [6, 6.07) is 27.3. The van der Waals surface area contributed by atoms with Crippen molar-refractivity contribution < 1.29 is 9.53 Å². The number of carbonyl (C=O) groups excluding carboxylic acids is 1. The van der Waals surface area contributed by atoms with E-state index in [4.69, 9.17) is 4.74 Å². The van der Waals surface area contributed by atoms with E-state index < -0.39 is 0 Å². The minimum Gasteiger partial charge on any atom is -0.427 e. The standard InChI is InChI=1S/C24H16O2/c1-15(25)26-18-8-11-20-17(14-18)7-10-24-22(20)13-12-21-19-5-3-2-4-16(19)6-9-23(21)24/h2-14H,1H3. The fourth-order valence-corrected chi connectivity index (χ4v) is 3.85. The molecule has 0 saturated heterocycles. The average molecular weight is 336 g/mol. The number of carbonyl (C=O) groups is 1. The molecule has 0 N–H and O–H groups in total. The van der Waals surface area contributed by atoms with E-state index in [1.807, 2.05) is 18.2 Å². The van der Waals surface area contributed by atoms with Gasteiger partial charge in [-0.2, -0.15) is 0 Å². The Hall–Kier alpha value is -3.39. The highest BCUT2D eigenvalue weighted by Gasteiger charge is 2.08. The van der Waals surface area contributed by atoms with Gasteiger partial charge in [-0.15, -0.1) is 0 Å². The molecule has 124 valence electrons. The number of rotatable bonds is 1. The topological polar surface area (TPSA) is 26.3 Å². The van der Waals surface area contributed by atoms with Crippen molar-refractivity contribution in [3.8, 4) is 5.75 Å². The van der Waals surface area contributed by atoms with Gasteiger partial charge in [0.05, 0.1) is 0 Å². The van der Waals surface area contributed by atoms with Crippen molar-refractivity contribution in [2.24, 2.45) is 0 Å². The first kappa shape index (κ1) is 14.9. The van der Waals surface area contributed by atoms with Gasteiger partial charge < -0.3 is 4.74 Å². The Bertz CT molecular complexity index is 1330. The molecule has 2 heteroatoms. The molecule has 0 aliphatic carbocycles. The summed E-state index contributed by atoms with van der Waals surface area (Å²) in [6.07, 6.45) is 0. The first-order chi connectivity index (χ1) is 12.7. The zero-order valence-corrected chi connectivity index (χ0v) is 14.3. The highest BCUT2D eigenvalue weighted by Crippen LogP contribution is 2.35. The highest BCUT2D eigenvalue weighted by molar-refractivity contribution is 6.22. The van der Waals surface area contributed by atoms with Crippen molar-refractivity contribution in [1.82, 2.24) is 0 Å². The predicted molar refractivity (Wildman–Crippen MR) is 108 cm³/mol. The first-order valence-corrected chi connectivity index (χ1v) is 8.66. The minimum absolute atomic E-state index is 0.303. The van der Waals surface area contributed by atoms with Crippen molar-refractivity contribution in [1.29, 1.82) is 0 Å². The summed E-state index contributed by atoms with van der Waals surface area (Å²) < 4.78 is 5.21. The molecule has 0 bridgehead atoms. The van der Waals surface area contributed by atoms with Gasteiger partial charge in [-0.05, 0) is 55.2 Å². The summed E-state index contributed by atoms with van der Waals surface area (Å²) in [5.74, 6) is 0.277. The lowest BCUT2D eigenvalue weighted by Gasteiger charge is -2.10. The number of esters is 1. The van der Waals surface area contributed by atoms with Gasteiger partial charge in [0, 0.05) is 6.92 Å². The third-order valence-electron chi connectivity index (χ3n) is 4.97. The minimum atomic E-state index is -0.303. The SMILES string of the molecule is CC(=O)Oc1ccc2c(ccc3c2ccc2c4ccccc4ccc23)c1. The first-order valence-electron chi connectivity index (χ1n) is 8.66. The molecule has 0 aliphatic rings. The molecule has 0 spiro atoms. The van der Waals surface area contributed by atoms with Crippen molar-refractivity contribution in [3.05, 3.63) is 78.9 Å². The van der Waals surface area contributed by atoms with Gasteiger partial charge >= 0.3 is 5.97 Å². The highest BCUT2D eigenvalue weighted by atomic mass is 16.5. The number of ether oxygens (including phenoxy) is 1. The Morgan fingerprint density at radius 3 is 1.88 bits per heavy atom. The zero-order chi connectivity index (χ0) is 17.7. The van der Waals surface area contributed by atoms with Gasteiger partial charge in [0.2, 0.25) is 0 Å². The predicted octanol–water partition coefficient (Wildman–Crippen LogP) is 6.22. The van der Waals surface area contributed by atoms with Gasteiger partial charge in [-0.25, -0.2) is 0 Å². The van der Waals surface area contributed by atoms with Crippen LogP contribution >= 0.6 is 0 Å². The van der Waals surface area contributed by atoms with Crippen LogP contribution in [0.2, 0.25) is 0 Å². The summed E-state index contributed by atoms with van der Waals surface area (Å²) in [5, 5.41) is 9.73. The van der Waals surface area contributed by atoms with Crippen molar-refractivity contribution >= 4 is 49.1 Å². The van der Waals surface area contributed by atoms with Crippen LogP contribution in [-0.2, 0) is 4.79 Å². The van der Waals surface area contributed by atoms with Crippen LogP contribution in [0.15, 0.2) is 78.9 Å². The van der Waals surface area contributed by atoms with Crippen LogP contribution in [0.1, 0.15) is 6.92 Å². The third-order valence-corrected chi connectivity index (χ3v) is 4.97. The maximum Gasteiger partial charge on any atom is 0.308 e. The lowest BCUT2D eigenvalue weighted by molar-refractivity contribution is -0.131. The molecule has 0 heterocycles. The molecule has 0 unspecified atom stereocenters. The van der Waals surface area contributed by atoms with E-state index in [9.17, 15) is 4.79 Å². The van der Waals surface area contributed by atoms with E-state index in [2.05, 4.69) is 60.7 Å². The molecule has 26 heavy (non-hydrogen) atoms. The van der Waals surface area contributed by atoms with E-state index in [1.54, 1.807) is 0 Å². The molecule has 5 aromatic rings. The number of hydrogen-bond donors (Lipinski definition) is 0. The van der Waals surface area contributed by atoms with Crippen LogP contribution in [0.5, 0.6) is 5.75 Å². The molecule has 0 aromatic heterocycles. The molecule has 0 fully saturated rings. The van der Waals surface area contributed by atoms with Gasteiger partial charge in [0.25, 0.3) is 0 Å². The van der Waals surface area contributed by atoms with Crippen molar-refractivity contribution in [3.63, 3.8) is 0 Å². The van der Waals surface area contributed by atoms with Gasteiger partial charge in [0.15, 0.2) is 0 Å². The van der Waals surface area contributed by atoms with E-state index >= 15 is 0 Å². The van der Waals surface area contributed by atoms with Crippen LogP contribution in [0, 0.1) is 0 Å². The number of hydrogen-bond acceptors (Lipinski definition) is 2. The maximum atomic E-state index is 11.2. The fourth-order valence-electron chi connectivity index (χ4n) is 3.85. The summed E-state index contributed by atoms with van der Waals surface area (Å²) in [5.41, 5.74) is 0. The maximum absolute atomic E-state index is 11.2. The summed E-state index contributed by atoms with van der Waals surface area (Å²) >= 11 is 0. The van der Waals surface area contributed by atoms with Crippen LogP contribution in [0.25, 0.3) is 43.1 Å². The Balaban J connectivity index is 1.83. The summed E-state index contributed by atoms with van der Waals surface area (Å²) in [7, 11) is 0. The van der Waals surface area contributed by atoms with Gasteiger partial charge in [-0.1, -0.05) is 66.7 Å². The van der Waals surface area contributed by atoms with Crippen LogP contribution in [0.4, 0.5) is 0 Å². The number of fused-ring (bicyclic) bond motifs is 7. The van der Waals surface area contributed by atoms with Crippen LogP contribution in [-0.4, -0.2) is 5.97 Å². The van der Waals surface area contributed by atoms with E-state index in [1.165, 1.54) is 39.2 Å². The van der Waals surface area contributed by atoms with Crippen molar-refractivity contribution in [2.75, 3.05) is 0 Å². The van der Waals surface area contributed by atoms with E-state index in [0.717, 1.165) is 10.8 Å². The Morgan fingerprint density at radius 2 is 1.15 bits per heavy atom. The monoisotopic (exact) mass is 336 g/mol. The molecule has 0 atom stereocenters.